The zero-order valence-electron chi connectivity index (χ0n) is 13.6. The molecule has 0 aliphatic carbocycles. The van der Waals surface area contributed by atoms with Gasteiger partial charge in [0.1, 0.15) is 13.2 Å². The van der Waals surface area contributed by atoms with Gasteiger partial charge in [-0.15, -0.1) is 0 Å². The van der Waals surface area contributed by atoms with E-state index >= 15 is 0 Å². The number of hydrogen-bond donors (Lipinski definition) is 2. The summed E-state index contributed by atoms with van der Waals surface area (Å²) in [6.07, 6.45) is 2.18. The van der Waals surface area contributed by atoms with E-state index in [-0.39, 0.29) is 24.2 Å². The summed E-state index contributed by atoms with van der Waals surface area (Å²) in [5, 5.41) is 5.91. The van der Waals surface area contributed by atoms with Gasteiger partial charge in [-0.25, -0.2) is 4.79 Å². The molecule has 2 aliphatic heterocycles. The van der Waals surface area contributed by atoms with Crippen LogP contribution in [0.25, 0.3) is 0 Å². The smallest absolute Gasteiger partial charge is 0.315 e. The summed E-state index contributed by atoms with van der Waals surface area (Å²) in [4.78, 5) is 12.1. The van der Waals surface area contributed by atoms with Gasteiger partial charge in [0.05, 0.1) is 18.2 Å². The zero-order chi connectivity index (χ0) is 16.2. The molecule has 1 aromatic carbocycles. The molecule has 0 spiro atoms. The molecule has 0 unspecified atom stereocenters. The van der Waals surface area contributed by atoms with Gasteiger partial charge >= 0.3 is 6.03 Å². The van der Waals surface area contributed by atoms with Gasteiger partial charge in [0.15, 0.2) is 11.5 Å². The van der Waals surface area contributed by atoms with Crippen LogP contribution in [-0.4, -0.2) is 38.0 Å². The Bertz CT molecular complexity index is 558. The Morgan fingerprint density at radius 2 is 1.91 bits per heavy atom. The van der Waals surface area contributed by atoms with E-state index in [1.807, 2.05) is 32.0 Å². The third-order valence-corrected chi connectivity index (χ3v) is 4.30. The van der Waals surface area contributed by atoms with E-state index in [9.17, 15) is 4.79 Å². The number of carbonyl (C=O) groups excluding carboxylic acids is 1. The van der Waals surface area contributed by atoms with Crippen molar-refractivity contribution in [1.82, 2.24) is 10.6 Å². The molecule has 2 N–H and O–H groups in total. The van der Waals surface area contributed by atoms with Crippen LogP contribution in [0.4, 0.5) is 4.79 Å². The van der Waals surface area contributed by atoms with Gasteiger partial charge in [0, 0.05) is 6.61 Å². The van der Waals surface area contributed by atoms with Crippen molar-refractivity contribution in [2.45, 2.75) is 44.9 Å². The Kier molecular flexibility index (Phi) is 4.91. The van der Waals surface area contributed by atoms with Crippen molar-refractivity contribution < 1.29 is 19.0 Å². The van der Waals surface area contributed by atoms with Gasteiger partial charge in [-0.2, -0.15) is 0 Å². The highest BCUT2D eigenvalue weighted by atomic mass is 16.6. The van der Waals surface area contributed by atoms with Gasteiger partial charge in [0.2, 0.25) is 0 Å². The number of amides is 2. The van der Waals surface area contributed by atoms with Crippen molar-refractivity contribution in [3.05, 3.63) is 23.8 Å². The summed E-state index contributed by atoms with van der Waals surface area (Å²) in [5.41, 5.74) is 0.981. The van der Waals surface area contributed by atoms with Crippen LogP contribution in [0.5, 0.6) is 11.5 Å². The van der Waals surface area contributed by atoms with Gasteiger partial charge in [0.25, 0.3) is 0 Å². The third kappa shape index (κ3) is 3.88. The number of nitrogens with one attached hydrogen (secondary N) is 2. The average molecular weight is 320 g/mol. The second kappa shape index (κ2) is 7.08. The molecule has 6 heteroatoms. The van der Waals surface area contributed by atoms with Gasteiger partial charge < -0.3 is 24.8 Å². The molecule has 0 radical (unpaired) electrons. The molecule has 1 saturated heterocycles. The molecular weight excluding hydrogens is 296 g/mol. The maximum atomic E-state index is 12.1. The molecule has 0 bridgehead atoms. The van der Waals surface area contributed by atoms with Gasteiger partial charge in [-0.05, 0) is 44.4 Å². The molecule has 2 heterocycles. The van der Waals surface area contributed by atoms with Crippen LogP contribution >= 0.6 is 0 Å². The number of benzene rings is 1. The zero-order valence-corrected chi connectivity index (χ0v) is 13.6. The van der Waals surface area contributed by atoms with E-state index in [4.69, 9.17) is 14.2 Å². The van der Waals surface area contributed by atoms with Crippen LogP contribution in [0, 0.1) is 0 Å². The lowest BCUT2D eigenvalue weighted by Crippen LogP contribution is -2.46. The molecular formula is C17H24N2O4. The van der Waals surface area contributed by atoms with Gasteiger partial charge in [-0.1, -0.05) is 6.07 Å². The van der Waals surface area contributed by atoms with Crippen LogP contribution in [0.3, 0.4) is 0 Å². The van der Waals surface area contributed by atoms with Crippen LogP contribution in [0.15, 0.2) is 18.2 Å². The Labute approximate surface area is 136 Å². The third-order valence-electron chi connectivity index (χ3n) is 4.30. The van der Waals surface area contributed by atoms with Crippen molar-refractivity contribution in [1.29, 1.82) is 0 Å². The molecule has 23 heavy (non-hydrogen) atoms. The fourth-order valence-corrected chi connectivity index (χ4v) is 2.95. The van der Waals surface area contributed by atoms with Crippen LogP contribution < -0.4 is 20.1 Å². The molecule has 1 aromatic rings. The second-order valence-corrected chi connectivity index (χ2v) is 6.08. The normalized spacial score (nSPS) is 22.3. The highest BCUT2D eigenvalue weighted by Crippen LogP contribution is 2.32. The fraction of sp³-hybridized carbons (Fsp3) is 0.588. The largest absolute Gasteiger partial charge is 0.486 e. The summed E-state index contributed by atoms with van der Waals surface area (Å²) in [5.74, 6) is 1.49. The number of hydrogen-bond acceptors (Lipinski definition) is 4. The summed E-state index contributed by atoms with van der Waals surface area (Å²) in [7, 11) is 0. The topological polar surface area (TPSA) is 68.8 Å². The SMILES string of the molecule is C[C@H](NC(=O)N[C@@H](C)[C@H]1CCCO1)c1ccc2c(c1)OCCO2. The standard InChI is InChI=1S/C17H24N2O4/c1-11(13-5-6-15-16(10-13)23-9-8-22-15)18-17(20)19-12(2)14-4-3-7-21-14/h5-6,10-12,14H,3-4,7-9H2,1-2H3,(H2,18,19,20)/t11-,12-,14+/m0/s1. The Morgan fingerprint density at radius 3 is 2.65 bits per heavy atom. The average Bonchev–Trinajstić information content (AvgIpc) is 3.08. The van der Waals surface area contributed by atoms with Crippen molar-refractivity contribution in [2.24, 2.45) is 0 Å². The van der Waals surface area contributed by atoms with E-state index in [1.54, 1.807) is 0 Å². The molecule has 3 atom stereocenters. The molecule has 6 nitrogen and oxygen atoms in total. The van der Waals surface area contributed by atoms with E-state index in [1.165, 1.54) is 0 Å². The number of rotatable bonds is 4. The first-order valence-corrected chi connectivity index (χ1v) is 8.21. The van der Waals surface area contributed by atoms with Crippen molar-refractivity contribution in [3.8, 4) is 11.5 Å². The van der Waals surface area contributed by atoms with Crippen molar-refractivity contribution in [2.75, 3.05) is 19.8 Å². The molecule has 3 rings (SSSR count). The first-order valence-electron chi connectivity index (χ1n) is 8.21. The minimum Gasteiger partial charge on any atom is -0.486 e. The number of fused-ring (bicyclic) bond motifs is 1. The summed E-state index contributed by atoms with van der Waals surface area (Å²) in [6.45, 7) is 5.83. The Morgan fingerprint density at radius 1 is 1.13 bits per heavy atom. The van der Waals surface area contributed by atoms with Crippen LogP contribution in [0.2, 0.25) is 0 Å². The lowest BCUT2D eigenvalue weighted by atomic mass is 10.1. The number of urea groups is 1. The lowest BCUT2D eigenvalue weighted by Gasteiger charge is -2.23. The Hall–Kier alpha value is -1.95. The summed E-state index contributed by atoms with van der Waals surface area (Å²) < 4.78 is 16.7. The predicted molar refractivity (Wildman–Crippen MR) is 86.0 cm³/mol. The summed E-state index contributed by atoms with van der Waals surface area (Å²) >= 11 is 0. The minimum atomic E-state index is -0.185. The molecule has 2 amide bonds. The summed E-state index contributed by atoms with van der Waals surface area (Å²) in [6, 6.07) is 5.45. The highest BCUT2D eigenvalue weighted by molar-refractivity contribution is 5.74. The van der Waals surface area contributed by atoms with Crippen LogP contribution in [-0.2, 0) is 4.74 Å². The minimum absolute atomic E-state index is 0.00460. The van der Waals surface area contributed by atoms with E-state index < -0.39 is 0 Å². The Balaban J connectivity index is 1.55. The highest BCUT2D eigenvalue weighted by Gasteiger charge is 2.24. The van der Waals surface area contributed by atoms with Crippen molar-refractivity contribution in [3.63, 3.8) is 0 Å². The maximum absolute atomic E-state index is 12.1. The van der Waals surface area contributed by atoms with E-state index in [0.717, 1.165) is 36.5 Å². The number of ether oxygens (including phenoxy) is 3. The first kappa shape index (κ1) is 15.9. The lowest BCUT2D eigenvalue weighted by molar-refractivity contribution is 0.0859. The fourth-order valence-electron chi connectivity index (χ4n) is 2.95. The predicted octanol–water partition coefficient (Wildman–Crippen LogP) is 2.39. The molecule has 1 fully saturated rings. The second-order valence-electron chi connectivity index (χ2n) is 6.08. The molecule has 0 aromatic heterocycles. The first-order chi connectivity index (χ1) is 11.1. The van der Waals surface area contributed by atoms with Crippen molar-refractivity contribution >= 4 is 6.03 Å². The monoisotopic (exact) mass is 320 g/mol. The van der Waals surface area contributed by atoms with Gasteiger partial charge in [-0.3, -0.25) is 0 Å². The molecule has 126 valence electrons. The van der Waals surface area contributed by atoms with E-state index in [2.05, 4.69) is 10.6 Å². The van der Waals surface area contributed by atoms with E-state index in [0.29, 0.717) is 13.2 Å². The quantitative estimate of drug-likeness (QED) is 0.894. The molecule has 2 aliphatic rings. The molecule has 0 saturated carbocycles. The maximum Gasteiger partial charge on any atom is 0.315 e. The van der Waals surface area contributed by atoms with Crippen LogP contribution in [0.1, 0.15) is 38.3 Å². The number of carbonyl (C=O) groups is 1.